The Kier molecular flexibility index (Phi) is 6.50. The first-order valence-corrected chi connectivity index (χ1v) is 6.45. The van der Waals surface area contributed by atoms with Gasteiger partial charge in [0.25, 0.3) is 0 Å². The van der Waals surface area contributed by atoms with Gasteiger partial charge in [-0.2, -0.15) is 0 Å². The molecule has 17 heavy (non-hydrogen) atoms. The Morgan fingerprint density at radius 2 is 1.82 bits per heavy atom. The average molecular weight is 305 g/mol. The molecule has 0 radical (unpaired) electrons. The molecule has 96 valence electrons. The van der Waals surface area contributed by atoms with Crippen molar-refractivity contribution in [2.45, 2.75) is 12.2 Å². The predicted molar refractivity (Wildman–Crippen MR) is 68.6 cm³/mol. The summed E-state index contributed by atoms with van der Waals surface area (Å²) in [4.78, 5) is 0. The fraction of sp³-hybridized carbons (Fsp3) is 0.500. The summed E-state index contributed by atoms with van der Waals surface area (Å²) < 4.78 is 10.3. The first-order valence-electron chi connectivity index (χ1n) is 5.33. The number of aliphatic hydroxyl groups excluding tert-OH is 2. The number of methoxy groups -OCH3 is 1. The highest BCUT2D eigenvalue weighted by Gasteiger charge is 2.16. The third kappa shape index (κ3) is 4.63. The number of halogens is 1. The molecule has 5 heteroatoms. The van der Waals surface area contributed by atoms with Crippen LogP contribution in [0.25, 0.3) is 0 Å². The topological polar surface area (TPSA) is 58.9 Å². The van der Waals surface area contributed by atoms with Crippen molar-refractivity contribution < 1.29 is 19.7 Å². The van der Waals surface area contributed by atoms with E-state index in [1.54, 1.807) is 31.4 Å². The highest BCUT2D eigenvalue weighted by atomic mass is 79.9. The molecule has 0 heterocycles. The summed E-state index contributed by atoms with van der Waals surface area (Å²) in [6, 6.07) is 6.99. The summed E-state index contributed by atoms with van der Waals surface area (Å²) in [5, 5.41) is 19.6. The number of rotatable bonds is 7. The molecular weight excluding hydrogens is 288 g/mol. The molecule has 4 nitrogen and oxygen atoms in total. The van der Waals surface area contributed by atoms with Gasteiger partial charge in [0.05, 0.1) is 12.7 Å². The summed E-state index contributed by atoms with van der Waals surface area (Å²) in [5.74, 6) is 0.714. The number of hydrogen-bond acceptors (Lipinski definition) is 4. The molecule has 2 N–H and O–H groups in total. The monoisotopic (exact) mass is 304 g/mol. The van der Waals surface area contributed by atoms with Crippen molar-refractivity contribution in [3.8, 4) is 5.75 Å². The lowest BCUT2D eigenvalue weighted by molar-refractivity contribution is 0.0342. The van der Waals surface area contributed by atoms with Gasteiger partial charge in [0.2, 0.25) is 0 Å². The lowest BCUT2D eigenvalue weighted by atomic mass is 10.1. The number of hydrogen-bond donors (Lipinski definition) is 2. The van der Waals surface area contributed by atoms with E-state index in [0.29, 0.717) is 29.9 Å². The summed E-state index contributed by atoms with van der Waals surface area (Å²) >= 11 is 3.12. The van der Waals surface area contributed by atoms with Gasteiger partial charge in [-0.05, 0) is 17.7 Å². The minimum absolute atomic E-state index is 0.334. The van der Waals surface area contributed by atoms with Gasteiger partial charge in [0.1, 0.15) is 18.5 Å². The second-order valence-electron chi connectivity index (χ2n) is 3.58. The second kappa shape index (κ2) is 7.66. The Labute approximate surface area is 109 Å². The van der Waals surface area contributed by atoms with Gasteiger partial charge < -0.3 is 19.7 Å². The molecule has 0 aliphatic carbocycles. The fourth-order valence-electron chi connectivity index (χ4n) is 1.31. The zero-order valence-corrected chi connectivity index (χ0v) is 11.3. The maximum Gasteiger partial charge on any atom is 0.119 e. The highest BCUT2D eigenvalue weighted by Crippen LogP contribution is 2.21. The number of alkyl halides is 1. The van der Waals surface area contributed by atoms with E-state index >= 15 is 0 Å². The fourth-order valence-corrected chi connectivity index (χ4v) is 1.66. The Bertz CT molecular complexity index is 315. The smallest absolute Gasteiger partial charge is 0.119 e. The van der Waals surface area contributed by atoms with Crippen molar-refractivity contribution in [2.75, 3.05) is 25.7 Å². The molecule has 1 rings (SSSR count). The Morgan fingerprint density at radius 3 is 2.35 bits per heavy atom. The van der Waals surface area contributed by atoms with E-state index in [2.05, 4.69) is 15.9 Å². The molecule has 1 aromatic rings. The maximum atomic E-state index is 9.75. The van der Waals surface area contributed by atoms with E-state index in [9.17, 15) is 10.2 Å². The quantitative estimate of drug-likeness (QED) is 0.592. The van der Waals surface area contributed by atoms with Crippen LogP contribution in [0.4, 0.5) is 0 Å². The number of aliphatic hydroxyl groups is 2. The third-order valence-electron chi connectivity index (χ3n) is 2.30. The number of benzene rings is 1. The van der Waals surface area contributed by atoms with Gasteiger partial charge in [-0.15, -0.1) is 0 Å². The van der Waals surface area contributed by atoms with E-state index in [4.69, 9.17) is 9.47 Å². The van der Waals surface area contributed by atoms with Crippen molar-refractivity contribution >= 4 is 15.9 Å². The second-order valence-corrected chi connectivity index (χ2v) is 4.22. The zero-order valence-electron chi connectivity index (χ0n) is 9.67. The average Bonchev–Trinajstić information content (AvgIpc) is 2.38. The van der Waals surface area contributed by atoms with Crippen LogP contribution in [0.3, 0.4) is 0 Å². The van der Waals surface area contributed by atoms with Gasteiger partial charge in [-0.25, -0.2) is 0 Å². The minimum atomic E-state index is -0.887. The van der Waals surface area contributed by atoms with Crippen LogP contribution in [0.2, 0.25) is 0 Å². The van der Waals surface area contributed by atoms with Crippen LogP contribution >= 0.6 is 15.9 Å². The van der Waals surface area contributed by atoms with E-state index in [-0.39, 0.29) is 0 Å². The van der Waals surface area contributed by atoms with Crippen LogP contribution in [0, 0.1) is 0 Å². The molecule has 0 fully saturated rings. The van der Waals surface area contributed by atoms with Crippen LogP contribution in [0.15, 0.2) is 24.3 Å². The molecule has 2 unspecified atom stereocenters. The van der Waals surface area contributed by atoms with Crippen molar-refractivity contribution in [3.63, 3.8) is 0 Å². The van der Waals surface area contributed by atoms with Crippen LogP contribution < -0.4 is 4.74 Å². The molecule has 0 aromatic heterocycles. The number of ether oxygens (including phenoxy) is 2. The van der Waals surface area contributed by atoms with Crippen LogP contribution in [-0.4, -0.2) is 42.0 Å². The van der Waals surface area contributed by atoms with E-state index < -0.39 is 12.2 Å². The van der Waals surface area contributed by atoms with Crippen LogP contribution in [-0.2, 0) is 4.74 Å². The highest BCUT2D eigenvalue weighted by molar-refractivity contribution is 9.09. The van der Waals surface area contributed by atoms with Gasteiger partial charge >= 0.3 is 0 Å². The zero-order chi connectivity index (χ0) is 12.7. The van der Waals surface area contributed by atoms with Gasteiger partial charge in [0.15, 0.2) is 0 Å². The minimum Gasteiger partial charge on any atom is -0.491 e. The van der Waals surface area contributed by atoms with Gasteiger partial charge in [-0.1, -0.05) is 28.1 Å². The van der Waals surface area contributed by atoms with Crippen molar-refractivity contribution in [1.82, 2.24) is 0 Å². The molecule has 0 saturated heterocycles. The van der Waals surface area contributed by atoms with Gasteiger partial charge in [-0.3, -0.25) is 0 Å². The SMILES string of the molecule is COCCOc1ccc(C(O)C(O)CBr)cc1. The first kappa shape index (κ1) is 14.4. The summed E-state index contributed by atoms with van der Waals surface area (Å²) in [5.41, 5.74) is 0.663. The summed E-state index contributed by atoms with van der Waals surface area (Å²) in [7, 11) is 1.62. The third-order valence-corrected chi connectivity index (χ3v) is 2.96. The molecule has 0 aliphatic heterocycles. The summed E-state index contributed by atoms with van der Waals surface area (Å²) in [6.07, 6.45) is -1.70. The maximum absolute atomic E-state index is 9.75. The Morgan fingerprint density at radius 1 is 1.18 bits per heavy atom. The summed E-state index contributed by atoms with van der Waals surface area (Å²) in [6.45, 7) is 1.02. The molecule has 1 aromatic carbocycles. The molecular formula is C12H17BrO4. The van der Waals surface area contributed by atoms with Crippen molar-refractivity contribution in [2.24, 2.45) is 0 Å². The molecule has 0 saturated carbocycles. The van der Waals surface area contributed by atoms with Crippen LogP contribution in [0.1, 0.15) is 11.7 Å². The van der Waals surface area contributed by atoms with Gasteiger partial charge in [0, 0.05) is 12.4 Å². The molecule has 2 atom stereocenters. The van der Waals surface area contributed by atoms with Crippen molar-refractivity contribution in [1.29, 1.82) is 0 Å². The standard InChI is InChI=1S/C12H17BrO4/c1-16-6-7-17-10-4-2-9(3-5-10)12(15)11(14)8-13/h2-5,11-12,14-15H,6-8H2,1H3. The Balaban J connectivity index is 2.55. The lowest BCUT2D eigenvalue weighted by Gasteiger charge is -2.16. The largest absolute Gasteiger partial charge is 0.491 e. The molecule has 0 spiro atoms. The lowest BCUT2D eigenvalue weighted by Crippen LogP contribution is -2.19. The first-order chi connectivity index (χ1) is 8.19. The van der Waals surface area contributed by atoms with E-state index in [1.165, 1.54) is 0 Å². The molecule has 0 aliphatic rings. The van der Waals surface area contributed by atoms with E-state index in [1.807, 2.05) is 0 Å². The molecule has 0 bridgehead atoms. The normalized spacial score (nSPS) is 14.4. The predicted octanol–water partition coefficient (Wildman–Crippen LogP) is 1.50. The van der Waals surface area contributed by atoms with Crippen LogP contribution in [0.5, 0.6) is 5.75 Å². The Hall–Kier alpha value is -0.620. The molecule has 0 amide bonds. The van der Waals surface area contributed by atoms with E-state index in [0.717, 1.165) is 0 Å². The van der Waals surface area contributed by atoms with Crippen molar-refractivity contribution in [3.05, 3.63) is 29.8 Å².